The van der Waals surface area contributed by atoms with Crippen LogP contribution in [0.3, 0.4) is 0 Å². The van der Waals surface area contributed by atoms with Crippen molar-refractivity contribution in [2.75, 3.05) is 6.61 Å². The van der Waals surface area contributed by atoms with Crippen molar-refractivity contribution in [2.24, 2.45) is 11.8 Å². The minimum atomic E-state index is 0.334. The average Bonchev–Trinajstić information content (AvgIpc) is 3.05. The van der Waals surface area contributed by atoms with E-state index in [9.17, 15) is 4.79 Å². The molecule has 0 aliphatic heterocycles. The molecular weight excluding hydrogens is 200 g/mol. The number of ketones is 1. The summed E-state index contributed by atoms with van der Waals surface area (Å²) in [5, 5.41) is 0. The fraction of sp³-hybridized carbons (Fsp3) is 0.500. The van der Waals surface area contributed by atoms with Crippen molar-refractivity contribution in [1.29, 1.82) is 0 Å². The summed E-state index contributed by atoms with van der Waals surface area (Å²) in [7, 11) is 0. The van der Waals surface area contributed by atoms with Crippen molar-refractivity contribution < 1.29 is 9.53 Å². The molecular formula is C14H18O2. The molecule has 16 heavy (non-hydrogen) atoms. The highest BCUT2D eigenvalue weighted by Crippen LogP contribution is 2.41. The van der Waals surface area contributed by atoms with Crippen LogP contribution < -0.4 is 0 Å². The third kappa shape index (κ3) is 3.17. The summed E-state index contributed by atoms with van der Waals surface area (Å²) in [5.74, 6) is 1.27. The van der Waals surface area contributed by atoms with Gasteiger partial charge in [-0.3, -0.25) is 4.79 Å². The molecule has 86 valence electrons. The molecule has 0 radical (unpaired) electrons. The van der Waals surface area contributed by atoms with Crippen LogP contribution in [0.5, 0.6) is 0 Å². The van der Waals surface area contributed by atoms with E-state index in [1.165, 1.54) is 5.56 Å². The number of carbonyl (C=O) groups is 1. The van der Waals surface area contributed by atoms with Crippen molar-refractivity contribution in [3.05, 3.63) is 35.9 Å². The van der Waals surface area contributed by atoms with Crippen LogP contribution in [-0.2, 0) is 16.1 Å². The number of carbonyl (C=O) groups excluding carboxylic acids is 1. The molecule has 1 fully saturated rings. The Bertz CT molecular complexity index is 345. The van der Waals surface area contributed by atoms with E-state index in [4.69, 9.17) is 4.74 Å². The Hall–Kier alpha value is -1.15. The topological polar surface area (TPSA) is 26.3 Å². The molecule has 0 heterocycles. The lowest BCUT2D eigenvalue weighted by Crippen LogP contribution is -2.00. The SMILES string of the molecule is CC(=O)[C@H]1C[C@@H]1CCOCc1ccccc1. The van der Waals surface area contributed by atoms with Gasteiger partial charge >= 0.3 is 0 Å². The number of rotatable bonds is 6. The summed E-state index contributed by atoms with van der Waals surface area (Å²) >= 11 is 0. The van der Waals surface area contributed by atoms with Gasteiger partial charge in [-0.1, -0.05) is 30.3 Å². The molecule has 0 bridgehead atoms. The molecule has 2 rings (SSSR count). The molecule has 0 saturated heterocycles. The molecule has 0 N–H and O–H groups in total. The van der Waals surface area contributed by atoms with E-state index < -0.39 is 0 Å². The molecule has 1 aromatic carbocycles. The minimum absolute atomic E-state index is 0.334. The van der Waals surface area contributed by atoms with E-state index in [0.717, 1.165) is 19.4 Å². The summed E-state index contributed by atoms with van der Waals surface area (Å²) in [5.41, 5.74) is 1.21. The number of hydrogen-bond donors (Lipinski definition) is 0. The summed E-state index contributed by atoms with van der Waals surface area (Å²) in [4.78, 5) is 11.0. The van der Waals surface area contributed by atoms with E-state index >= 15 is 0 Å². The lowest BCUT2D eigenvalue weighted by atomic mass is 10.2. The summed E-state index contributed by atoms with van der Waals surface area (Å²) in [6.45, 7) is 3.14. The van der Waals surface area contributed by atoms with E-state index in [1.54, 1.807) is 6.92 Å². The van der Waals surface area contributed by atoms with Crippen LogP contribution in [-0.4, -0.2) is 12.4 Å². The van der Waals surface area contributed by atoms with Crippen LogP contribution in [0.15, 0.2) is 30.3 Å². The van der Waals surface area contributed by atoms with Gasteiger partial charge in [0.1, 0.15) is 5.78 Å². The second-order valence-corrected chi connectivity index (χ2v) is 4.54. The highest BCUT2D eigenvalue weighted by Gasteiger charge is 2.39. The van der Waals surface area contributed by atoms with Gasteiger partial charge < -0.3 is 4.74 Å². The standard InChI is InChI=1S/C14H18O2/c1-11(15)14-9-13(14)7-8-16-10-12-5-3-2-4-6-12/h2-6,13-14H,7-10H2,1H3/t13-,14+/m0/s1. The molecule has 0 aromatic heterocycles. The van der Waals surface area contributed by atoms with Gasteiger partial charge in [0, 0.05) is 12.5 Å². The first-order chi connectivity index (χ1) is 7.77. The van der Waals surface area contributed by atoms with Gasteiger partial charge in [0.05, 0.1) is 6.61 Å². The van der Waals surface area contributed by atoms with E-state index in [1.807, 2.05) is 18.2 Å². The zero-order valence-corrected chi connectivity index (χ0v) is 9.69. The van der Waals surface area contributed by atoms with Gasteiger partial charge in [0.15, 0.2) is 0 Å². The highest BCUT2D eigenvalue weighted by atomic mass is 16.5. The largest absolute Gasteiger partial charge is 0.377 e. The van der Waals surface area contributed by atoms with Crippen molar-refractivity contribution in [2.45, 2.75) is 26.4 Å². The monoisotopic (exact) mass is 218 g/mol. The Morgan fingerprint density at radius 3 is 2.75 bits per heavy atom. The van der Waals surface area contributed by atoms with Crippen LogP contribution >= 0.6 is 0 Å². The van der Waals surface area contributed by atoms with Crippen LogP contribution in [0.4, 0.5) is 0 Å². The highest BCUT2D eigenvalue weighted by molar-refractivity contribution is 5.81. The third-order valence-electron chi connectivity index (χ3n) is 3.19. The zero-order chi connectivity index (χ0) is 11.4. The fourth-order valence-electron chi connectivity index (χ4n) is 2.06. The molecule has 0 unspecified atom stereocenters. The van der Waals surface area contributed by atoms with Gasteiger partial charge in [-0.05, 0) is 31.2 Å². The molecule has 1 aromatic rings. The molecule has 1 saturated carbocycles. The Morgan fingerprint density at radius 2 is 2.12 bits per heavy atom. The van der Waals surface area contributed by atoms with Crippen LogP contribution in [0.1, 0.15) is 25.3 Å². The predicted molar refractivity (Wildman–Crippen MR) is 63.0 cm³/mol. The number of benzene rings is 1. The Kier molecular flexibility index (Phi) is 3.73. The lowest BCUT2D eigenvalue weighted by molar-refractivity contribution is -0.118. The van der Waals surface area contributed by atoms with Crippen LogP contribution in [0.2, 0.25) is 0 Å². The molecule has 1 aliphatic carbocycles. The van der Waals surface area contributed by atoms with Gasteiger partial charge in [0.25, 0.3) is 0 Å². The fourth-order valence-corrected chi connectivity index (χ4v) is 2.06. The normalized spacial score (nSPS) is 23.1. The molecule has 0 spiro atoms. The third-order valence-corrected chi connectivity index (χ3v) is 3.19. The molecule has 2 atom stereocenters. The maximum absolute atomic E-state index is 11.0. The molecule has 2 nitrogen and oxygen atoms in total. The summed E-state index contributed by atoms with van der Waals surface area (Å²) in [6.07, 6.45) is 2.10. The Labute approximate surface area is 96.6 Å². The first-order valence-electron chi connectivity index (χ1n) is 5.89. The van der Waals surface area contributed by atoms with Crippen molar-refractivity contribution in [3.8, 4) is 0 Å². The Balaban J connectivity index is 1.58. The second-order valence-electron chi connectivity index (χ2n) is 4.54. The quantitative estimate of drug-likeness (QED) is 0.686. The maximum Gasteiger partial charge on any atom is 0.133 e. The number of ether oxygens (including phenoxy) is 1. The Morgan fingerprint density at radius 1 is 1.38 bits per heavy atom. The van der Waals surface area contributed by atoms with Crippen LogP contribution in [0, 0.1) is 11.8 Å². The summed E-state index contributed by atoms with van der Waals surface area (Å²) < 4.78 is 5.59. The predicted octanol–water partition coefficient (Wildman–Crippen LogP) is 2.82. The first kappa shape index (κ1) is 11.3. The minimum Gasteiger partial charge on any atom is -0.377 e. The van der Waals surface area contributed by atoms with Crippen molar-refractivity contribution in [1.82, 2.24) is 0 Å². The number of Topliss-reactive ketones (excluding diaryl/α,β-unsaturated/α-hetero) is 1. The second kappa shape index (κ2) is 5.26. The molecule has 1 aliphatic rings. The van der Waals surface area contributed by atoms with Gasteiger partial charge in [-0.15, -0.1) is 0 Å². The maximum atomic E-state index is 11.0. The number of hydrogen-bond acceptors (Lipinski definition) is 2. The average molecular weight is 218 g/mol. The first-order valence-corrected chi connectivity index (χ1v) is 5.89. The van der Waals surface area contributed by atoms with E-state index in [-0.39, 0.29) is 0 Å². The smallest absolute Gasteiger partial charge is 0.133 e. The van der Waals surface area contributed by atoms with Gasteiger partial charge in [-0.2, -0.15) is 0 Å². The van der Waals surface area contributed by atoms with Crippen molar-refractivity contribution >= 4 is 5.78 Å². The molecule has 0 amide bonds. The van der Waals surface area contributed by atoms with Crippen LogP contribution in [0.25, 0.3) is 0 Å². The summed E-state index contributed by atoms with van der Waals surface area (Å²) in [6, 6.07) is 10.2. The van der Waals surface area contributed by atoms with Crippen molar-refractivity contribution in [3.63, 3.8) is 0 Å². The zero-order valence-electron chi connectivity index (χ0n) is 9.69. The van der Waals surface area contributed by atoms with Gasteiger partial charge in [-0.25, -0.2) is 0 Å². The van der Waals surface area contributed by atoms with Gasteiger partial charge in [0.2, 0.25) is 0 Å². The van der Waals surface area contributed by atoms with E-state index in [0.29, 0.717) is 24.2 Å². The van der Waals surface area contributed by atoms with E-state index in [2.05, 4.69) is 12.1 Å². The lowest BCUT2D eigenvalue weighted by Gasteiger charge is -2.03. The molecule has 2 heteroatoms.